The minimum absolute atomic E-state index is 0.265. The molecule has 1 aliphatic rings. The number of nitrogens with one attached hydrogen (secondary N) is 1. The van der Waals surface area contributed by atoms with Crippen molar-refractivity contribution in [1.82, 2.24) is 10.3 Å². The van der Waals surface area contributed by atoms with Crippen molar-refractivity contribution in [2.75, 3.05) is 6.61 Å². The van der Waals surface area contributed by atoms with Crippen molar-refractivity contribution in [3.63, 3.8) is 0 Å². The van der Waals surface area contributed by atoms with E-state index in [4.69, 9.17) is 19.9 Å². The van der Waals surface area contributed by atoms with Crippen molar-refractivity contribution in [2.24, 2.45) is 11.7 Å². The Balaban J connectivity index is 1.80. The summed E-state index contributed by atoms with van der Waals surface area (Å²) >= 11 is 0. The summed E-state index contributed by atoms with van der Waals surface area (Å²) in [5.41, 5.74) is 8.42. The first kappa shape index (κ1) is 20.3. The van der Waals surface area contributed by atoms with Crippen molar-refractivity contribution in [2.45, 2.75) is 19.8 Å². The van der Waals surface area contributed by atoms with Gasteiger partial charge in [0, 0.05) is 5.39 Å². The predicted molar refractivity (Wildman–Crippen MR) is 114 cm³/mol. The molecule has 0 saturated heterocycles. The molecular formula is C23H21N3O5. The van der Waals surface area contributed by atoms with Gasteiger partial charge >= 0.3 is 12.0 Å². The zero-order valence-electron chi connectivity index (χ0n) is 16.9. The molecule has 31 heavy (non-hydrogen) atoms. The van der Waals surface area contributed by atoms with Gasteiger partial charge in [-0.25, -0.2) is 14.6 Å². The third-order valence-corrected chi connectivity index (χ3v) is 5.08. The summed E-state index contributed by atoms with van der Waals surface area (Å²) in [6.07, 6.45) is 4.97. The first-order chi connectivity index (χ1) is 14.9. The highest BCUT2D eigenvalue weighted by Gasteiger charge is 2.29. The summed E-state index contributed by atoms with van der Waals surface area (Å²) in [4.78, 5) is 40.4. The van der Waals surface area contributed by atoms with Crippen molar-refractivity contribution in [3.8, 4) is 0 Å². The number of nitrogens with two attached hydrogens (primary N) is 1. The second-order valence-electron chi connectivity index (χ2n) is 7.52. The topological polar surface area (TPSA) is 125 Å². The van der Waals surface area contributed by atoms with E-state index >= 15 is 0 Å². The quantitative estimate of drug-likeness (QED) is 0.625. The normalized spacial score (nSPS) is 16.7. The molecule has 4 rings (SSSR count). The number of hydrogen-bond donors (Lipinski definition) is 2. The third-order valence-electron chi connectivity index (χ3n) is 5.08. The lowest BCUT2D eigenvalue weighted by Crippen LogP contribution is -2.37. The van der Waals surface area contributed by atoms with Crippen LogP contribution in [0.3, 0.4) is 0 Å². The number of urea groups is 1. The van der Waals surface area contributed by atoms with Crippen LogP contribution in [-0.2, 0) is 16.0 Å². The monoisotopic (exact) mass is 419 g/mol. The van der Waals surface area contributed by atoms with Gasteiger partial charge in [-0.1, -0.05) is 25.1 Å². The van der Waals surface area contributed by atoms with Gasteiger partial charge in [0.15, 0.2) is 6.61 Å². The number of allylic oxidation sites excluding steroid dienone is 1. The number of esters is 1. The van der Waals surface area contributed by atoms with E-state index in [1.165, 1.54) is 0 Å². The molecule has 2 heterocycles. The Morgan fingerprint density at radius 3 is 2.77 bits per heavy atom. The van der Waals surface area contributed by atoms with E-state index in [0.717, 1.165) is 23.3 Å². The lowest BCUT2D eigenvalue weighted by molar-refractivity contribution is -0.123. The van der Waals surface area contributed by atoms with E-state index in [9.17, 15) is 14.4 Å². The van der Waals surface area contributed by atoms with Crippen LogP contribution in [0.5, 0.6) is 0 Å². The molecule has 1 aliphatic carbocycles. The van der Waals surface area contributed by atoms with Crippen molar-refractivity contribution in [1.29, 1.82) is 0 Å². The maximum atomic E-state index is 13.1. The number of amides is 3. The van der Waals surface area contributed by atoms with Gasteiger partial charge in [0.2, 0.25) is 0 Å². The number of furan rings is 1. The van der Waals surface area contributed by atoms with E-state index in [1.807, 2.05) is 41.7 Å². The number of hydrogen-bond acceptors (Lipinski definition) is 6. The molecule has 158 valence electrons. The van der Waals surface area contributed by atoms with Gasteiger partial charge in [-0.2, -0.15) is 0 Å². The number of pyridine rings is 1. The van der Waals surface area contributed by atoms with E-state index in [1.54, 1.807) is 12.3 Å². The number of ether oxygens (including phenoxy) is 1. The minimum Gasteiger partial charge on any atom is -0.465 e. The standard InChI is InChI=1S/C23H21N3O5/c1-13-9-14(11-15-5-4-8-30-15)21-17(10-13)20(16-6-2-3-7-18(16)25-21)22(28)31-12-19(27)26-23(24)29/h2-8,11,13H,9-10,12H2,1H3,(H3,24,26,27,29)/b14-11+. The number of carbonyl (C=O) groups excluding carboxylic acids is 3. The van der Waals surface area contributed by atoms with Gasteiger partial charge in [-0.3, -0.25) is 10.1 Å². The Morgan fingerprint density at radius 1 is 1.23 bits per heavy atom. The molecule has 2 aromatic heterocycles. The van der Waals surface area contributed by atoms with Crippen LogP contribution < -0.4 is 11.1 Å². The predicted octanol–water partition coefficient (Wildman–Crippen LogP) is 3.30. The zero-order chi connectivity index (χ0) is 22.0. The van der Waals surface area contributed by atoms with Crippen LogP contribution >= 0.6 is 0 Å². The zero-order valence-corrected chi connectivity index (χ0v) is 16.9. The Morgan fingerprint density at radius 2 is 2.03 bits per heavy atom. The van der Waals surface area contributed by atoms with Gasteiger partial charge < -0.3 is 14.9 Å². The smallest absolute Gasteiger partial charge is 0.339 e. The fourth-order valence-corrected chi connectivity index (χ4v) is 3.89. The Bertz CT molecular complexity index is 1200. The fourth-order valence-electron chi connectivity index (χ4n) is 3.89. The van der Waals surface area contributed by atoms with Crippen molar-refractivity contribution < 1.29 is 23.5 Å². The number of rotatable bonds is 4. The Kier molecular flexibility index (Phi) is 5.53. The number of imide groups is 1. The number of para-hydroxylation sites is 1. The molecule has 1 unspecified atom stereocenters. The molecule has 8 nitrogen and oxygen atoms in total. The van der Waals surface area contributed by atoms with Crippen molar-refractivity contribution in [3.05, 3.63) is 65.2 Å². The molecule has 0 fully saturated rings. The lowest BCUT2D eigenvalue weighted by Gasteiger charge is -2.26. The number of fused-ring (bicyclic) bond motifs is 2. The van der Waals surface area contributed by atoms with Gasteiger partial charge in [0.05, 0.1) is 23.0 Å². The summed E-state index contributed by atoms with van der Waals surface area (Å²) in [6.45, 7) is 1.49. The van der Waals surface area contributed by atoms with Crippen LogP contribution in [0, 0.1) is 5.92 Å². The first-order valence-corrected chi connectivity index (χ1v) is 9.85. The number of nitrogens with zero attached hydrogens (tertiary/aromatic N) is 1. The van der Waals surface area contributed by atoms with Crippen molar-refractivity contribution >= 4 is 40.5 Å². The summed E-state index contributed by atoms with van der Waals surface area (Å²) in [6, 6.07) is 9.96. The van der Waals surface area contributed by atoms with Gasteiger partial charge in [-0.05, 0) is 54.2 Å². The number of benzene rings is 1. The van der Waals surface area contributed by atoms with Crippen LogP contribution in [0.25, 0.3) is 22.6 Å². The van der Waals surface area contributed by atoms with Gasteiger partial charge in [0.1, 0.15) is 5.76 Å². The molecule has 3 amide bonds. The fraction of sp³-hybridized carbons (Fsp3) is 0.217. The second-order valence-corrected chi connectivity index (χ2v) is 7.52. The molecule has 3 N–H and O–H groups in total. The maximum absolute atomic E-state index is 13.1. The molecule has 8 heteroatoms. The summed E-state index contributed by atoms with van der Waals surface area (Å²) in [7, 11) is 0. The molecule has 3 aromatic rings. The molecule has 0 spiro atoms. The van der Waals surface area contributed by atoms with Gasteiger partial charge in [0.25, 0.3) is 5.91 Å². The van der Waals surface area contributed by atoms with Crippen LogP contribution in [0.15, 0.2) is 47.1 Å². The van der Waals surface area contributed by atoms with Crippen LogP contribution in [0.2, 0.25) is 0 Å². The summed E-state index contributed by atoms with van der Waals surface area (Å²) < 4.78 is 10.7. The van der Waals surface area contributed by atoms with E-state index in [0.29, 0.717) is 28.6 Å². The van der Waals surface area contributed by atoms with Crippen LogP contribution in [-0.4, -0.2) is 29.5 Å². The van der Waals surface area contributed by atoms with Crippen LogP contribution in [0.4, 0.5) is 4.79 Å². The molecule has 0 radical (unpaired) electrons. The van der Waals surface area contributed by atoms with E-state index < -0.39 is 24.5 Å². The highest BCUT2D eigenvalue weighted by atomic mass is 16.5. The Labute approximate surface area is 178 Å². The minimum atomic E-state index is -1.01. The number of primary amides is 1. The molecule has 1 aromatic carbocycles. The van der Waals surface area contributed by atoms with E-state index in [-0.39, 0.29) is 5.92 Å². The number of carbonyl (C=O) groups is 3. The first-order valence-electron chi connectivity index (χ1n) is 9.85. The summed E-state index contributed by atoms with van der Waals surface area (Å²) in [5.74, 6) is -0.473. The Hall–Kier alpha value is -3.94. The van der Waals surface area contributed by atoms with E-state index in [2.05, 4.69) is 6.92 Å². The molecule has 0 bridgehead atoms. The summed E-state index contributed by atoms with van der Waals surface area (Å²) in [5, 5.41) is 2.53. The second kappa shape index (κ2) is 8.43. The van der Waals surface area contributed by atoms with Gasteiger partial charge in [-0.15, -0.1) is 0 Å². The average Bonchev–Trinajstić information content (AvgIpc) is 3.23. The highest BCUT2D eigenvalue weighted by Crippen LogP contribution is 2.38. The highest BCUT2D eigenvalue weighted by molar-refractivity contribution is 6.07. The maximum Gasteiger partial charge on any atom is 0.339 e. The largest absolute Gasteiger partial charge is 0.465 e. The molecular weight excluding hydrogens is 398 g/mol. The SMILES string of the molecule is CC1C/C(=C\c2ccco2)c2nc3ccccc3c(C(=O)OCC(=O)NC(N)=O)c2C1. The third kappa shape index (κ3) is 4.32. The molecule has 0 saturated carbocycles. The molecule has 1 atom stereocenters. The van der Waals surface area contributed by atoms with Crippen LogP contribution in [0.1, 0.15) is 40.7 Å². The lowest BCUT2D eigenvalue weighted by atomic mass is 9.81. The molecule has 0 aliphatic heterocycles. The average molecular weight is 419 g/mol. The number of aromatic nitrogens is 1.